The Balaban J connectivity index is 2.22. The van der Waals surface area contributed by atoms with Crippen LogP contribution in [0.1, 0.15) is 6.92 Å². The Kier molecular flexibility index (Phi) is 5.82. The molecule has 0 heterocycles. The number of halogens is 2. The molecule has 0 bridgehead atoms. The molecule has 4 nitrogen and oxygen atoms in total. The topological polar surface area (TPSA) is 58.5 Å². The minimum Gasteiger partial charge on any atom is -0.278 e. The van der Waals surface area contributed by atoms with Crippen LogP contribution in [0.15, 0.2) is 64.5 Å². The molecule has 2 aromatic rings. The van der Waals surface area contributed by atoms with Crippen LogP contribution in [0.4, 0.5) is 11.4 Å². The van der Waals surface area contributed by atoms with Crippen molar-refractivity contribution in [1.82, 2.24) is 0 Å². The summed E-state index contributed by atoms with van der Waals surface area (Å²) in [5.74, 6) is 0. The van der Waals surface area contributed by atoms with Crippen LogP contribution in [0.2, 0.25) is 10.0 Å². The Morgan fingerprint density at radius 2 is 1.78 bits per heavy atom. The van der Waals surface area contributed by atoms with E-state index in [9.17, 15) is 8.42 Å². The first-order valence-electron chi connectivity index (χ1n) is 6.65. The van der Waals surface area contributed by atoms with Gasteiger partial charge in [-0.2, -0.15) is 0 Å². The average Bonchev–Trinajstić information content (AvgIpc) is 2.51. The average molecular weight is 369 g/mol. The number of rotatable bonds is 5. The highest BCUT2D eigenvalue weighted by atomic mass is 35.5. The Hall–Kier alpha value is -1.82. The Bertz CT molecular complexity index is 845. The molecule has 2 rings (SSSR count). The number of benzene rings is 2. The van der Waals surface area contributed by atoms with E-state index >= 15 is 0 Å². The van der Waals surface area contributed by atoms with Crippen LogP contribution in [0, 0.1) is 0 Å². The van der Waals surface area contributed by atoms with Gasteiger partial charge < -0.3 is 0 Å². The molecule has 0 aliphatic carbocycles. The molecule has 7 heteroatoms. The monoisotopic (exact) mass is 368 g/mol. The van der Waals surface area contributed by atoms with E-state index in [1.54, 1.807) is 30.5 Å². The lowest BCUT2D eigenvalue weighted by Crippen LogP contribution is -2.13. The van der Waals surface area contributed by atoms with Gasteiger partial charge in [0.2, 0.25) is 0 Å². The molecule has 0 unspecified atom stereocenters. The predicted molar refractivity (Wildman–Crippen MR) is 96.7 cm³/mol. The summed E-state index contributed by atoms with van der Waals surface area (Å²) >= 11 is 11.8. The summed E-state index contributed by atoms with van der Waals surface area (Å²) in [6.07, 6.45) is 5.27. The highest BCUT2D eigenvalue weighted by molar-refractivity contribution is 7.92. The minimum absolute atomic E-state index is 0.119. The van der Waals surface area contributed by atoms with Crippen molar-refractivity contribution in [2.45, 2.75) is 11.8 Å². The van der Waals surface area contributed by atoms with Gasteiger partial charge in [0.25, 0.3) is 10.0 Å². The Morgan fingerprint density at radius 3 is 2.39 bits per heavy atom. The lowest BCUT2D eigenvalue weighted by molar-refractivity contribution is 0.601. The molecular formula is C16H14Cl2N2O2S. The number of aliphatic imine (C=N–C) groups is 1. The molecule has 23 heavy (non-hydrogen) atoms. The van der Waals surface area contributed by atoms with Crippen LogP contribution in [-0.2, 0) is 10.0 Å². The SMILES string of the molecule is CC=CC=Nc1ccc(S(=O)(=O)Nc2ccc(Cl)cc2Cl)cc1. The highest BCUT2D eigenvalue weighted by Crippen LogP contribution is 2.28. The van der Waals surface area contributed by atoms with E-state index in [-0.39, 0.29) is 15.6 Å². The Morgan fingerprint density at radius 1 is 1.09 bits per heavy atom. The molecule has 0 radical (unpaired) electrons. The van der Waals surface area contributed by atoms with Crippen LogP contribution in [0.5, 0.6) is 0 Å². The van der Waals surface area contributed by atoms with E-state index in [4.69, 9.17) is 23.2 Å². The van der Waals surface area contributed by atoms with Gasteiger partial charge in [-0.3, -0.25) is 9.71 Å². The maximum absolute atomic E-state index is 12.4. The summed E-state index contributed by atoms with van der Waals surface area (Å²) in [5, 5.41) is 0.662. The van der Waals surface area contributed by atoms with Crippen LogP contribution in [0.3, 0.4) is 0 Å². The summed E-state index contributed by atoms with van der Waals surface area (Å²) in [7, 11) is -3.73. The van der Waals surface area contributed by atoms with Gasteiger partial charge in [0.05, 0.1) is 21.3 Å². The molecule has 120 valence electrons. The maximum Gasteiger partial charge on any atom is 0.261 e. The van der Waals surface area contributed by atoms with Gasteiger partial charge >= 0.3 is 0 Å². The van der Waals surface area contributed by atoms with E-state index in [0.717, 1.165) is 0 Å². The van der Waals surface area contributed by atoms with Crippen molar-refractivity contribution in [1.29, 1.82) is 0 Å². The summed E-state index contributed by atoms with van der Waals surface area (Å²) in [6.45, 7) is 1.88. The molecule has 0 atom stereocenters. The highest BCUT2D eigenvalue weighted by Gasteiger charge is 2.15. The van der Waals surface area contributed by atoms with Crippen LogP contribution < -0.4 is 4.72 Å². The lowest BCUT2D eigenvalue weighted by atomic mass is 10.3. The number of hydrogen-bond acceptors (Lipinski definition) is 3. The smallest absolute Gasteiger partial charge is 0.261 e. The zero-order valence-corrected chi connectivity index (χ0v) is 14.5. The van der Waals surface area contributed by atoms with Crippen molar-refractivity contribution >= 4 is 50.8 Å². The van der Waals surface area contributed by atoms with Gasteiger partial charge in [-0.05, 0) is 55.5 Å². The molecule has 0 aromatic heterocycles. The summed E-state index contributed by atoms with van der Waals surface area (Å²) in [6, 6.07) is 10.8. The van der Waals surface area contributed by atoms with E-state index in [2.05, 4.69) is 9.71 Å². The lowest BCUT2D eigenvalue weighted by Gasteiger charge is -2.10. The second kappa shape index (κ2) is 7.64. The van der Waals surface area contributed by atoms with Gasteiger partial charge in [-0.1, -0.05) is 29.3 Å². The fourth-order valence-corrected chi connectivity index (χ4v) is 3.29. The third kappa shape index (κ3) is 4.82. The molecular weight excluding hydrogens is 355 g/mol. The van der Waals surface area contributed by atoms with Gasteiger partial charge in [0.1, 0.15) is 0 Å². The first kappa shape index (κ1) is 17.5. The molecule has 0 fully saturated rings. The first-order valence-corrected chi connectivity index (χ1v) is 8.89. The number of nitrogens with zero attached hydrogens (tertiary/aromatic N) is 1. The van der Waals surface area contributed by atoms with Crippen LogP contribution in [0.25, 0.3) is 0 Å². The number of hydrogen-bond donors (Lipinski definition) is 1. The van der Waals surface area contributed by atoms with Crippen molar-refractivity contribution in [3.8, 4) is 0 Å². The maximum atomic E-state index is 12.4. The summed E-state index contributed by atoms with van der Waals surface area (Å²) < 4.78 is 27.1. The first-order chi connectivity index (χ1) is 10.9. The molecule has 0 saturated carbocycles. The zero-order valence-electron chi connectivity index (χ0n) is 12.2. The molecule has 0 aliphatic heterocycles. The largest absolute Gasteiger partial charge is 0.278 e. The molecule has 1 N–H and O–H groups in total. The van der Waals surface area contributed by atoms with Crippen molar-refractivity contribution in [3.05, 3.63) is 64.7 Å². The predicted octanol–water partition coefficient (Wildman–Crippen LogP) is 5.07. The number of sulfonamides is 1. The summed E-state index contributed by atoms with van der Waals surface area (Å²) in [4.78, 5) is 4.28. The molecule has 0 saturated heterocycles. The molecule has 0 spiro atoms. The van der Waals surface area contributed by atoms with Crippen LogP contribution in [-0.4, -0.2) is 14.6 Å². The van der Waals surface area contributed by atoms with Gasteiger partial charge in [0, 0.05) is 11.2 Å². The minimum atomic E-state index is -3.73. The molecule has 0 amide bonds. The summed E-state index contributed by atoms with van der Waals surface area (Å²) in [5.41, 5.74) is 0.929. The van der Waals surface area contributed by atoms with Crippen molar-refractivity contribution in [2.24, 2.45) is 4.99 Å². The van der Waals surface area contributed by atoms with E-state index in [1.807, 2.05) is 13.0 Å². The van der Waals surface area contributed by atoms with Gasteiger partial charge in [0.15, 0.2) is 0 Å². The van der Waals surface area contributed by atoms with Crippen LogP contribution >= 0.6 is 23.2 Å². The number of anilines is 1. The van der Waals surface area contributed by atoms with Gasteiger partial charge in [-0.25, -0.2) is 8.42 Å². The van der Waals surface area contributed by atoms with Crippen molar-refractivity contribution in [3.63, 3.8) is 0 Å². The third-order valence-electron chi connectivity index (χ3n) is 2.82. The number of allylic oxidation sites excluding steroid dienone is 2. The van der Waals surface area contributed by atoms with E-state index in [1.165, 1.54) is 24.3 Å². The fourth-order valence-electron chi connectivity index (χ4n) is 1.70. The second-order valence-corrected chi connectivity index (χ2v) is 7.05. The fraction of sp³-hybridized carbons (Fsp3) is 0.0625. The second-order valence-electron chi connectivity index (χ2n) is 4.53. The van der Waals surface area contributed by atoms with E-state index < -0.39 is 10.0 Å². The molecule has 2 aromatic carbocycles. The normalized spacial score (nSPS) is 12.1. The van der Waals surface area contributed by atoms with E-state index in [0.29, 0.717) is 10.7 Å². The van der Waals surface area contributed by atoms with Crippen molar-refractivity contribution in [2.75, 3.05) is 4.72 Å². The van der Waals surface area contributed by atoms with Gasteiger partial charge in [-0.15, -0.1) is 0 Å². The Labute approximate surface area is 145 Å². The third-order valence-corrected chi connectivity index (χ3v) is 4.75. The number of nitrogens with one attached hydrogen (secondary N) is 1. The molecule has 0 aliphatic rings. The standard InChI is InChI=1S/C16H14Cl2N2O2S/c1-2-3-10-19-13-5-7-14(8-6-13)23(21,22)20-16-9-4-12(17)11-15(16)18/h2-11,20H,1H3. The zero-order chi connectivity index (χ0) is 16.9. The quantitative estimate of drug-likeness (QED) is 0.748. The van der Waals surface area contributed by atoms with Crippen molar-refractivity contribution < 1.29 is 8.42 Å².